The van der Waals surface area contributed by atoms with Crippen LogP contribution in [0.15, 0.2) is 85.2 Å². The maximum Gasteiger partial charge on any atom is 0.174 e. The van der Waals surface area contributed by atoms with E-state index in [9.17, 15) is 0 Å². The first kappa shape index (κ1) is 26.2. The highest BCUT2D eigenvalue weighted by Crippen LogP contribution is 2.44. The van der Waals surface area contributed by atoms with Crippen LogP contribution >= 0.6 is 35.4 Å². The van der Waals surface area contributed by atoms with Crippen molar-refractivity contribution < 1.29 is 0 Å². The Balaban J connectivity index is 1.43. The van der Waals surface area contributed by atoms with Crippen molar-refractivity contribution in [2.45, 2.75) is 32.4 Å². The van der Waals surface area contributed by atoms with Gasteiger partial charge in [-0.15, -0.1) is 0 Å². The third-order valence-electron chi connectivity index (χ3n) is 7.69. The lowest BCUT2D eigenvalue weighted by molar-refractivity contribution is 0.357. The number of aromatic nitrogens is 2. The Morgan fingerprint density at radius 3 is 2.44 bits per heavy atom. The van der Waals surface area contributed by atoms with Gasteiger partial charge in [0, 0.05) is 47.6 Å². The van der Waals surface area contributed by atoms with Crippen molar-refractivity contribution in [2.75, 3.05) is 22.9 Å². The number of thiocarbonyl (C=S) groups is 1. The monoisotopic (exact) mass is 575 g/mol. The van der Waals surface area contributed by atoms with Crippen LogP contribution in [0, 0.1) is 11.8 Å². The smallest absolute Gasteiger partial charge is 0.174 e. The second-order valence-electron chi connectivity index (χ2n) is 10.8. The molecule has 4 atom stereocenters. The molecule has 0 aliphatic carbocycles. The minimum atomic E-state index is -0.168. The first-order valence-electron chi connectivity index (χ1n) is 13.4. The highest BCUT2D eigenvalue weighted by molar-refractivity contribution is 7.80. The van der Waals surface area contributed by atoms with Crippen LogP contribution in [0.25, 0.3) is 5.69 Å². The number of benzene rings is 2. The fourth-order valence-corrected chi connectivity index (χ4v) is 7.02. The molecule has 2 aliphatic rings. The molecular formula is C31H31Cl2N5S. The molecular weight excluding hydrogens is 545 g/mol. The second-order valence-corrected chi connectivity index (χ2v) is 12.0. The lowest BCUT2D eigenvalue weighted by atomic mass is 9.91. The molecule has 6 rings (SSSR count). The van der Waals surface area contributed by atoms with Gasteiger partial charge in [0.25, 0.3) is 0 Å². The van der Waals surface area contributed by atoms with E-state index in [1.54, 1.807) is 0 Å². The molecule has 0 radical (unpaired) electrons. The number of nitrogens with zero attached hydrogens (tertiary/aromatic N) is 4. The van der Waals surface area contributed by atoms with Gasteiger partial charge < -0.3 is 19.7 Å². The standard InChI is InChI=1S/C31H31Cl2N5S/c1-20-15-21(2)19-36(18-20)27-12-11-24(17-25(27)33)38-30(29(35-31(38)39)26-9-3-4-13-34-26)28-10-6-14-37(28)23-8-5-7-22(32)16-23/h3-14,16-17,20-21,29-30H,15,18-19H2,1-2H3,(H,35,39). The zero-order valence-electron chi connectivity index (χ0n) is 22.0. The van der Waals surface area contributed by atoms with Gasteiger partial charge in [-0.2, -0.15) is 0 Å². The Hall–Kier alpha value is -3.06. The molecule has 200 valence electrons. The molecule has 4 aromatic rings. The van der Waals surface area contributed by atoms with Crippen LogP contribution in [0.3, 0.4) is 0 Å². The summed E-state index contributed by atoms with van der Waals surface area (Å²) in [4.78, 5) is 9.28. The van der Waals surface area contributed by atoms with Gasteiger partial charge in [-0.3, -0.25) is 4.98 Å². The maximum absolute atomic E-state index is 6.99. The van der Waals surface area contributed by atoms with E-state index in [-0.39, 0.29) is 12.1 Å². The summed E-state index contributed by atoms with van der Waals surface area (Å²) in [6.07, 6.45) is 5.13. The van der Waals surface area contributed by atoms with Crippen LogP contribution in [0.4, 0.5) is 11.4 Å². The molecule has 4 heterocycles. The third-order valence-corrected chi connectivity index (χ3v) is 8.54. The van der Waals surface area contributed by atoms with E-state index in [2.05, 4.69) is 76.1 Å². The van der Waals surface area contributed by atoms with Crippen molar-refractivity contribution in [2.24, 2.45) is 11.8 Å². The Kier molecular flexibility index (Phi) is 7.27. The summed E-state index contributed by atoms with van der Waals surface area (Å²) in [5.41, 5.74) is 5.00. The van der Waals surface area contributed by atoms with Crippen LogP contribution in [0.2, 0.25) is 10.0 Å². The van der Waals surface area contributed by atoms with E-state index in [0.717, 1.165) is 46.6 Å². The molecule has 5 nitrogen and oxygen atoms in total. The van der Waals surface area contributed by atoms with Crippen LogP contribution in [-0.4, -0.2) is 27.8 Å². The SMILES string of the molecule is CC1CC(C)CN(c2ccc(N3C(=S)NC(c4ccccn4)C3c3cccn3-c3cccc(Cl)c3)cc2Cl)C1. The van der Waals surface area contributed by atoms with E-state index < -0.39 is 0 Å². The molecule has 0 amide bonds. The number of piperidine rings is 1. The second kappa shape index (κ2) is 10.8. The zero-order chi connectivity index (χ0) is 27.1. The first-order valence-corrected chi connectivity index (χ1v) is 14.5. The summed E-state index contributed by atoms with van der Waals surface area (Å²) in [5, 5.41) is 5.62. The van der Waals surface area contributed by atoms with E-state index in [4.69, 9.17) is 40.4 Å². The van der Waals surface area contributed by atoms with Crippen molar-refractivity contribution >= 4 is 51.9 Å². The summed E-state index contributed by atoms with van der Waals surface area (Å²) in [6, 6.07) is 24.1. The zero-order valence-corrected chi connectivity index (χ0v) is 24.3. The summed E-state index contributed by atoms with van der Waals surface area (Å²) in [5.74, 6) is 1.28. The van der Waals surface area contributed by atoms with Crippen LogP contribution in [0.5, 0.6) is 0 Å². The molecule has 1 N–H and O–H groups in total. The molecule has 8 heteroatoms. The van der Waals surface area contributed by atoms with E-state index in [0.29, 0.717) is 22.0 Å². The molecule has 0 saturated carbocycles. The van der Waals surface area contributed by atoms with Crippen LogP contribution < -0.4 is 15.1 Å². The lowest BCUT2D eigenvalue weighted by Gasteiger charge is -2.37. The van der Waals surface area contributed by atoms with Gasteiger partial charge >= 0.3 is 0 Å². The normalized spacial score (nSPS) is 23.2. The number of hydrogen-bond acceptors (Lipinski definition) is 3. The fourth-order valence-electron chi connectivity index (χ4n) is 6.19. The van der Waals surface area contributed by atoms with Gasteiger partial charge in [-0.1, -0.05) is 49.2 Å². The van der Waals surface area contributed by atoms with Gasteiger partial charge in [0.2, 0.25) is 0 Å². The minimum absolute atomic E-state index is 0.159. The van der Waals surface area contributed by atoms with Gasteiger partial charge in [0.05, 0.1) is 22.4 Å². The van der Waals surface area contributed by atoms with Crippen LogP contribution in [0.1, 0.15) is 43.7 Å². The van der Waals surface area contributed by atoms with Crippen molar-refractivity contribution in [3.05, 3.63) is 107 Å². The van der Waals surface area contributed by atoms with Gasteiger partial charge in [-0.25, -0.2) is 0 Å². The molecule has 39 heavy (non-hydrogen) atoms. The predicted octanol–water partition coefficient (Wildman–Crippen LogP) is 7.84. The number of nitrogens with one attached hydrogen (secondary N) is 1. The predicted molar refractivity (Wildman–Crippen MR) is 165 cm³/mol. The Morgan fingerprint density at radius 1 is 0.897 bits per heavy atom. The average Bonchev–Trinajstić information content (AvgIpc) is 3.53. The Morgan fingerprint density at radius 2 is 1.72 bits per heavy atom. The third kappa shape index (κ3) is 5.13. The molecule has 2 fully saturated rings. The number of pyridine rings is 1. The number of rotatable bonds is 5. The number of anilines is 2. The highest BCUT2D eigenvalue weighted by Gasteiger charge is 2.42. The van der Waals surface area contributed by atoms with Crippen molar-refractivity contribution in [3.63, 3.8) is 0 Å². The maximum atomic E-state index is 6.99. The highest BCUT2D eigenvalue weighted by atomic mass is 35.5. The fraction of sp³-hybridized carbons (Fsp3) is 0.290. The van der Waals surface area contributed by atoms with E-state index in [1.165, 1.54) is 6.42 Å². The van der Waals surface area contributed by atoms with Crippen molar-refractivity contribution in [1.82, 2.24) is 14.9 Å². The molecule has 2 saturated heterocycles. The van der Waals surface area contributed by atoms with Gasteiger partial charge in [0.1, 0.15) is 6.04 Å². The molecule has 4 unspecified atom stereocenters. The lowest BCUT2D eigenvalue weighted by Crippen LogP contribution is -2.38. The van der Waals surface area contributed by atoms with Gasteiger partial charge in [0.15, 0.2) is 5.11 Å². The molecule has 2 aromatic carbocycles. The quantitative estimate of drug-likeness (QED) is 0.245. The molecule has 0 spiro atoms. The largest absolute Gasteiger partial charge is 0.370 e. The van der Waals surface area contributed by atoms with Gasteiger partial charge in [-0.05, 0) is 91.1 Å². The van der Waals surface area contributed by atoms with Crippen LogP contribution in [-0.2, 0) is 0 Å². The molecule has 0 bridgehead atoms. The molecule has 2 aliphatic heterocycles. The van der Waals surface area contributed by atoms with Crippen molar-refractivity contribution in [1.29, 1.82) is 0 Å². The summed E-state index contributed by atoms with van der Waals surface area (Å²) in [7, 11) is 0. The minimum Gasteiger partial charge on any atom is -0.370 e. The average molecular weight is 577 g/mol. The Labute approximate surface area is 245 Å². The topological polar surface area (TPSA) is 36.3 Å². The van der Waals surface area contributed by atoms with E-state index in [1.807, 2.05) is 42.6 Å². The summed E-state index contributed by atoms with van der Waals surface area (Å²) in [6.45, 7) is 6.67. The number of halogens is 2. The Bertz CT molecular complexity index is 1480. The summed E-state index contributed by atoms with van der Waals surface area (Å²) >= 11 is 19.3. The summed E-state index contributed by atoms with van der Waals surface area (Å²) < 4.78 is 2.17. The van der Waals surface area contributed by atoms with Crippen molar-refractivity contribution in [3.8, 4) is 5.69 Å². The first-order chi connectivity index (χ1) is 18.9. The number of hydrogen-bond donors (Lipinski definition) is 1. The van der Waals surface area contributed by atoms with E-state index >= 15 is 0 Å². The molecule has 2 aromatic heterocycles.